The Balaban J connectivity index is 1.97. The number of rotatable bonds is 7. The Bertz CT molecular complexity index is 614. The van der Waals surface area contributed by atoms with Gasteiger partial charge in [0.2, 0.25) is 0 Å². The summed E-state index contributed by atoms with van der Waals surface area (Å²) in [5, 5.41) is 2.25. The molecule has 2 aromatic rings. The Labute approximate surface area is 139 Å². The van der Waals surface area contributed by atoms with Crippen molar-refractivity contribution in [3.8, 4) is 17.2 Å². The molecule has 0 aliphatic carbocycles. The normalized spacial score (nSPS) is 10.4. The fraction of sp³-hybridized carbons (Fsp3) is 0.294. The summed E-state index contributed by atoms with van der Waals surface area (Å²) < 4.78 is 16.8. The van der Waals surface area contributed by atoms with Crippen molar-refractivity contribution in [2.75, 3.05) is 21.3 Å². The minimum absolute atomic E-state index is 0.724. The highest BCUT2D eigenvalue weighted by Crippen LogP contribution is 2.35. The van der Waals surface area contributed by atoms with E-state index in [4.69, 9.17) is 14.2 Å². The van der Waals surface area contributed by atoms with Crippen LogP contribution in [0.5, 0.6) is 17.2 Å². The summed E-state index contributed by atoms with van der Waals surface area (Å²) in [6, 6.07) is 12.2. The molecule has 0 aliphatic rings. The van der Waals surface area contributed by atoms with Crippen LogP contribution in [-0.4, -0.2) is 21.3 Å². The van der Waals surface area contributed by atoms with E-state index in [1.54, 1.807) is 21.3 Å². The van der Waals surface area contributed by atoms with E-state index in [1.165, 1.54) is 11.1 Å². The highest BCUT2D eigenvalue weighted by Gasteiger charge is 2.11. The van der Waals surface area contributed by atoms with Crippen LogP contribution in [-0.2, 0) is 13.1 Å². The second kappa shape index (κ2) is 8.06. The molecule has 0 fully saturated rings. The molecule has 0 unspecified atom stereocenters. The second-order valence-corrected chi connectivity index (χ2v) is 5.71. The number of hydrogen-bond acceptors (Lipinski definition) is 3. The maximum Gasteiger partial charge on any atom is 0.174 e. The van der Waals surface area contributed by atoms with Gasteiger partial charge in [-0.05, 0) is 52.3 Å². The zero-order valence-corrected chi connectivity index (χ0v) is 14.6. The smallest absolute Gasteiger partial charge is 0.174 e. The van der Waals surface area contributed by atoms with Crippen molar-refractivity contribution >= 4 is 15.9 Å². The van der Waals surface area contributed by atoms with Gasteiger partial charge in [0.15, 0.2) is 11.5 Å². The first kappa shape index (κ1) is 16.6. The van der Waals surface area contributed by atoms with Crippen molar-refractivity contribution in [1.29, 1.82) is 0 Å². The Morgan fingerprint density at radius 3 is 2.14 bits per heavy atom. The predicted molar refractivity (Wildman–Crippen MR) is 89.6 cm³/mol. The zero-order chi connectivity index (χ0) is 15.9. The maximum atomic E-state index is 5.37. The van der Waals surface area contributed by atoms with Gasteiger partial charge in [0.1, 0.15) is 18.8 Å². The third kappa shape index (κ3) is 4.15. The molecule has 2 aromatic carbocycles. The SMILES string of the molecule is COc1ccc(C[NH2+]Cc2cc(Br)c(OC)c(OC)c2)cc1. The van der Waals surface area contributed by atoms with Gasteiger partial charge in [0.25, 0.3) is 0 Å². The molecule has 118 valence electrons. The van der Waals surface area contributed by atoms with Crippen molar-refractivity contribution in [1.82, 2.24) is 0 Å². The Morgan fingerprint density at radius 1 is 0.864 bits per heavy atom. The average Bonchev–Trinajstić information content (AvgIpc) is 2.55. The van der Waals surface area contributed by atoms with E-state index < -0.39 is 0 Å². The standard InChI is InChI=1S/C17H20BrNO3/c1-20-14-6-4-12(5-7-14)10-19-11-13-8-15(18)17(22-3)16(9-13)21-2/h4-9,19H,10-11H2,1-3H3/p+1. The van der Waals surface area contributed by atoms with Crippen LogP contribution in [0, 0.1) is 0 Å². The van der Waals surface area contributed by atoms with Crippen molar-refractivity contribution in [2.45, 2.75) is 13.1 Å². The number of hydrogen-bond donors (Lipinski definition) is 1. The lowest BCUT2D eigenvalue weighted by molar-refractivity contribution is -0.686. The van der Waals surface area contributed by atoms with Gasteiger partial charge in [-0.25, -0.2) is 0 Å². The average molecular weight is 367 g/mol. The Hall–Kier alpha value is -1.72. The number of quaternary nitrogens is 1. The summed E-state index contributed by atoms with van der Waals surface area (Å²) in [6.45, 7) is 1.78. The zero-order valence-electron chi connectivity index (χ0n) is 13.1. The fourth-order valence-electron chi connectivity index (χ4n) is 2.26. The third-order valence-corrected chi connectivity index (χ3v) is 4.00. The third-order valence-electron chi connectivity index (χ3n) is 3.41. The second-order valence-electron chi connectivity index (χ2n) is 4.86. The number of nitrogens with two attached hydrogens (primary N) is 1. The van der Waals surface area contributed by atoms with Gasteiger partial charge in [-0.2, -0.15) is 0 Å². The summed E-state index contributed by atoms with van der Waals surface area (Å²) >= 11 is 3.52. The number of halogens is 1. The monoisotopic (exact) mass is 366 g/mol. The summed E-state index contributed by atoms with van der Waals surface area (Å²) in [6.07, 6.45) is 0. The van der Waals surface area contributed by atoms with Crippen LogP contribution in [0.4, 0.5) is 0 Å². The molecule has 2 rings (SSSR count). The Morgan fingerprint density at radius 2 is 1.55 bits per heavy atom. The molecule has 22 heavy (non-hydrogen) atoms. The van der Waals surface area contributed by atoms with Gasteiger partial charge in [-0.1, -0.05) is 0 Å². The van der Waals surface area contributed by atoms with Gasteiger partial charge in [0.05, 0.1) is 25.8 Å². The number of methoxy groups -OCH3 is 3. The molecule has 0 aromatic heterocycles. The molecule has 0 atom stereocenters. The van der Waals surface area contributed by atoms with E-state index in [9.17, 15) is 0 Å². The molecule has 5 heteroatoms. The summed E-state index contributed by atoms with van der Waals surface area (Å²) in [4.78, 5) is 0. The summed E-state index contributed by atoms with van der Waals surface area (Å²) in [5.41, 5.74) is 2.44. The molecule has 4 nitrogen and oxygen atoms in total. The molecule has 0 bridgehead atoms. The summed E-state index contributed by atoms with van der Waals surface area (Å²) in [5.74, 6) is 2.35. The van der Waals surface area contributed by atoms with E-state index in [2.05, 4.69) is 39.4 Å². The molecule has 0 spiro atoms. The van der Waals surface area contributed by atoms with Crippen LogP contribution >= 0.6 is 15.9 Å². The van der Waals surface area contributed by atoms with Crippen molar-refractivity contribution in [2.24, 2.45) is 0 Å². The first-order chi connectivity index (χ1) is 10.7. The molecule has 2 N–H and O–H groups in total. The predicted octanol–water partition coefficient (Wildman–Crippen LogP) is 2.74. The van der Waals surface area contributed by atoms with E-state index in [0.717, 1.165) is 34.8 Å². The van der Waals surface area contributed by atoms with Crippen LogP contribution in [0.15, 0.2) is 40.9 Å². The fourth-order valence-corrected chi connectivity index (χ4v) is 2.91. The lowest BCUT2D eigenvalue weighted by atomic mass is 10.2. The van der Waals surface area contributed by atoms with Crippen LogP contribution in [0.3, 0.4) is 0 Å². The van der Waals surface area contributed by atoms with Gasteiger partial charge < -0.3 is 19.5 Å². The van der Waals surface area contributed by atoms with Gasteiger partial charge in [-0.3, -0.25) is 0 Å². The van der Waals surface area contributed by atoms with E-state index in [1.807, 2.05) is 18.2 Å². The largest absolute Gasteiger partial charge is 0.497 e. The maximum absolute atomic E-state index is 5.37. The lowest BCUT2D eigenvalue weighted by Gasteiger charge is -2.11. The Kier molecular flexibility index (Phi) is 6.10. The van der Waals surface area contributed by atoms with Crippen molar-refractivity contribution in [3.05, 3.63) is 52.0 Å². The van der Waals surface area contributed by atoms with E-state index >= 15 is 0 Å². The van der Waals surface area contributed by atoms with Crippen LogP contribution < -0.4 is 19.5 Å². The molecule has 0 saturated heterocycles. The highest BCUT2D eigenvalue weighted by atomic mass is 79.9. The highest BCUT2D eigenvalue weighted by molar-refractivity contribution is 9.10. The van der Waals surface area contributed by atoms with Gasteiger partial charge >= 0.3 is 0 Å². The van der Waals surface area contributed by atoms with Crippen molar-refractivity contribution < 1.29 is 19.5 Å². The number of benzene rings is 2. The summed E-state index contributed by atoms with van der Waals surface area (Å²) in [7, 11) is 4.96. The molecule has 0 saturated carbocycles. The first-order valence-electron chi connectivity index (χ1n) is 7.03. The lowest BCUT2D eigenvalue weighted by Crippen LogP contribution is -2.80. The van der Waals surface area contributed by atoms with Crippen LogP contribution in [0.25, 0.3) is 0 Å². The molecule has 0 radical (unpaired) electrons. The van der Waals surface area contributed by atoms with Crippen LogP contribution in [0.1, 0.15) is 11.1 Å². The minimum atomic E-state index is 0.724. The quantitative estimate of drug-likeness (QED) is 0.819. The van der Waals surface area contributed by atoms with Gasteiger partial charge in [-0.15, -0.1) is 0 Å². The molecule has 0 aliphatic heterocycles. The first-order valence-corrected chi connectivity index (χ1v) is 7.82. The van der Waals surface area contributed by atoms with E-state index in [0.29, 0.717) is 0 Å². The van der Waals surface area contributed by atoms with Crippen molar-refractivity contribution in [3.63, 3.8) is 0 Å². The topological polar surface area (TPSA) is 44.3 Å². The molecular formula is C17H21BrNO3+. The number of ether oxygens (including phenoxy) is 3. The van der Waals surface area contributed by atoms with Crippen LogP contribution in [0.2, 0.25) is 0 Å². The molecular weight excluding hydrogens is 346 g/mol. The van der Waals surface area contributed by atoms with E-state index in [-0.39, 0.29) is 0 Å². The molecule has 0 heterocycles. The minimum Gasteiger partial charge on any atom is -0.497 e. The molecule has 0 amide bonds. The van der Waals surface area contributed by atoms with Gasteiger partial charge in [0, 0.05) is 11.1 Å².